The van der Waals surface area contributed by atoms with Crippen LogP contribution in [0.25, 0.3) is 11.3 Å². The van der Waals surface area contributed by atoms with E-state index in [0.717, 1.165) is 28.5 Å². The van der Waals surface area contributed by atoms with Crippen LogP contribution in [0, 0.1) is 5.92 Å². The molecule has 6 nitrogen and oxygen atoms in total. The Morgan fingerprint density at radius 2 is 1.85 bits per heavy atom. The van der Waals surface area contributed by atoms with Crippen LogP contribution in [-0.4, -0.2) is 46.1 Å². The highest BCUT2D eigenvalue weighted by Gasteiger charge is 2.14. The quantitative estimate of drug-likeness (QED) is 0.201. The number of nitrogens with zero attached hydrogens (tertiary/aromatic N) is 1. The zero-order valence-corrected chi connectivity index (χ0v) is 20.7. The van der Waals surface area contributed by atoms with Gasteiger partial charge in [0.05, 0.1) is 24.0 Å². The van der Waals surface area contributed by atoms with Gasteiger partial charge in [0.25, 0.3) is 0 Å². The monoisotopic (exact) mass is 480 g/mol. The first-order valence-electron chi connectivity index (χ1n) is 11.4. The number of esters is 1. The van der Waals surface area contributed by atoms with E-state index in [1.54, 1.807) is 24.3 Å². The molecule has 0 aliphatic carbocycles. The second kappa shape index (κ2) is 13.0. The minimum atomic E-state index is -0.676. The molecule has 1 aromatic heterocycles. The lowest BCUT2D eigenvalue weighted by Crippen LogP contribution is -2.20. The molecule has 0 saturated carbocycles. The van der Waals surface area contributed by atoms with Crippen molar-refractivity contribution in [2.45, 2.75) is 38.5 Å². The van der Waals surface area contributed by atoms with Crippen LogP contribution >= 0.6 is 11.8 Å². The number of benzene rings is 2. The summed E-state index contributed by atoms with van der Waals surface area (Å²) in [6.45, 7) is 6.51. The first kappa shape index (κ1) is 25.6. The van der Waals surface area contributed by atoms with Gasteiger partial charge in [-0.05, 0) is 37.1 Å². The Bertz CT molecular complexity index is 1060. The molecule has 2 N–H and O–H groups in total. The molecule has 180 valence electrons. The van der Waals surface area contributed by atoms with Crippen LogP contribution in [0.1, 0.15) is 36.8 Å². The molecule has 0 bridgehead atoms. The Morgan fingerprint density at radius 3 is 2.53 bits per heavy atom. The van der Waals surface area contributed by atoms with E-state index in [2.05, 4.69) is 11.1 Å². The molecule has 3 rings (SSSR count). The second-order valence-electron chi connectivity index (χ2n) is 8.30. The summed E-state index contributed by atoms with van der Waals surface area (Å²) in [6.07, 6.45) is 4.20. The van der Waals surface area contributed by atoms with Crippen LogP contribution in [-0.2, 0) is 11.2 Å². The lowest BCUT2D eigenvalue weighted by Gasteiger charge is -2.12. The zero-order chi connectivity index (χ0) is 24.3. The number of imidazole rings is 1. The number of aliphatic hydroxyl groups is 1. The van der Waals surface area contributed by atoms with E-state index < -0.39 is 6.10 Å². The van der Waals surface area contributed by atoms with Gasteiger partial charge in [-0.3, -0.25) is 0 Å². The van der Waals surface area contributed by atoms with E-state index in [-0.39, 0.29) is 18.5 Å². The van der Waals surface area contributed by atoms with Crippen molar-refractivity contribution >= 4 is 17.7 Å². The first-order valence-corrected chi connectivity index (χ1v) is 12.4. The number of carbonyl (C=O) groups is 1. The van der Waals surface area contributed by atoms with E-state index in [1.165, 1.54) is 11.8 Å². The molecule has 0 aliphatic heterocycles. The molecule has 34 heavy (non-hydrogen) atoms. The number of thioether (sulfide) groups is 1. The number of H-pyrrole nitrogens is 1. The maximum Gasteiger partial charge on any atom is 0.338 e. The lowest BCUT2D eigenvalue weighted by atomic mass is 10.1. The Balaban J connectivity index is 1.51. The highest BCUT2D eigenvalue weighted by Crippen LogP contribution is 2.26. The number of hydrogen-bond acceptors (Lipinski definition) is 6. The van der Waals surface area contributed by atoms with Crippen molar-refractivity contribution in [3.8, 4) is 17.0 Å². The Morgan fingerprint density at radius 1 is 1.12 bits per heavy atom. The van der Waals surface area contributed by atoms with Crippen LogP contribution in [0.2, 0.25) is 0 Å². The third-order valence-electron chi connectivity index (χ3n) is 4.85. The van der Waals surface area contributed by atoms with Gasteiger partial charge in [0.15, 0.2) is 5.16 Å². The number of allylic oxidation sites excluding steroid dienone is 2. The summed E-state index contributed by atoms with van der Waals surface area (Å²) in [7, 11) is 0. The van der Waals surface area contributed by atoms with Crippen LogP contribution in [0.15, 0.2) is 71.9 Å². The molecular weight excluding hydrogens is 448 g/mol. The predicted molar refractivity (Wildman–Crippen MR) is 136 cm³/mol. The fourth-order valence-corrected chi connectivity index (χ4v) is 3.90. The molecule has 1 heterocycles. The first-order chi connectivity index (χ1) is 16.5. The molecular formula is C27H32N2O4S. The number of carbonyl (C=O) groups excluding carboxylic acids is 1. The van der Waals surface area contributed by atoms with E-state index in [9.17, 15) is 9.90 Å². The van der Waals surface area contributed by atoms with E-state index in [0.29, 0.717) is 23.7 Å². The van der Waals surface area contributed by atoms with Gasteiger partial charge in [-0.25, -0.2) is 9.78 Å². The Labute approximate surface area is 205 Å². The van der Waals surface area contributed by atoms with Crippen molar-refractivity contribution in [3.05, 3.63) is 78.0 Å². The van der Waals surface area contributed by atoms with Crippen LogP contribution in [0.3, 0.4) is 0 Å². The van der Waals surface area contributed by atoms with Gasteiger partial charge in [-0.15, -0.1) is 0 Å². The second-order valence-corrected chi connectivity index (χ2v) is 9.31. The van der Waals surface area contributed by atoms with Gasteiger partial charge in [0.1, 0.15) is 12.4 Å². The average molecular weight is 481 g/mol. The van der Waals surface area contributed by atoms with Gasteiger partial charge in [-0.1, -0.05) is 68.1 Å². The summed E-state index contributed by atoms with van der Waals surface area (Å²) in [5.41, 5.74) is 3.51. The maximum atomic E-state index is 12.0. The van der Waals surface area contributed by atoms with E-state index >= 15 is 0 Å². The molecule has 0 spiro atoms. The molecule has 7 heteroatoms. The molecule has 1 atom stereocenters. The molecule has 0 aliphatic rings. The summed E-state index contributed by atoms with van der Waals surface area (Å²) in [5, 5.41) is 11.2. The number of aromatic nitrogens is 2. The number of nitrogens with one attached hydrogen (secondary N) is 1. The molecule has 0 radical (unpaired) electrons. The third kappa shape index (κ3) is 7.78. The van der Waals surface area contributed by atoms with Crippen LogP contribution in [0.4, 0.5) is 0 Å². The Hall–Kier alpha value is -3.03. The Kier molecular flexibility index (Phi) is 9.79. The smallest absolute Gasteiger partial charge is 0.338 e. The normalized spacial score (nSPS) is 12.3. The van der Waals surface area contributed by atoms with Crippen molar-refractivity contribution in [3.63, 3.8) is 0 Å². The third-order valence-corrected chi connectivity index (χ3v) is 5.87. The number of aliphatic hydroxyl groups excluding tert-OH is 1. The van der Waals surface area contributed by atoms with Gasteiger partial charge in [0, 0.05) is 23.4 Å². The SMILES string of the molecule is C/C=C\Cc1[nH]c(SCC(O)COc2ccc(C(=O)OCC(C)C)cc2)nc1-c1ccccc1. The maximum absolute atomic E-state index is 12.0. The molecule has 0 amide bonds. The van der Waals surface area contributed by atoms with Crippen molar-refractivity contribution in [2.24, 2.45) is 5.92 Å². The number of ether oxygens (including phenoxy) is 2. The van der Waals surface area contributed by atoms with Crippen molar-refractivity contribution in [1.82, 2.24) is 9.97 Å². The molecule has 3 aromatic rings. The summed E-state index contributed by atoms with van der Waals surface area (Å²) in [6, 6.07) is 16.8. The molecule has 0 fully saturated rings. The largest absolute Gasteiger partial charge is 0.491 e. The molecule has 2 aromatic carbocycles. The van der Waals surface area contributed by atoms with Gasteiger partial charge >= 0.3 is 5.97 Å². The van der Waals surface area contributed by atoms with Crippen molar-refractivity contribution in [1.29, 1.82) is 0 Å². The zero-order valence-electron chi connectivity index (χ0n) is 19.9. The summed E-state index contributed by atoms with van der Waals surface area (Å²) >= 11 is 1.46. The molecule has 0 saturated heterocycles. The van der Waals surface area contributed by atoms with Gasteiger partial charge in [0.2, 0.25) is 0 Å². The lowest BCUT2D eigenvalue weighted by molar-refractivity contribution is 0.0459. The van der Waals surface area contributed by atoms with Crippen molar-refractivity contribution < 1.29 is 19.4 Å². The number of rotatable bonds is 12. The highest BCUT2D eigenvalue weighted by atomic mass is 32.2. The standard InChI is InChI=1S/C27H32N2O4S/c1-4-5-11-24-25(20-9-7-6-8-10-20)29-27(28-24)34-18-22(30)17-32-23-14-12-21(13-15-23)26(31)33-16-19(2)3/h4-10,12-15,19,22,30H,11,16-18H2,1-3H3,(H,28,29)/b5-4-. The van der Waals surface area contributed by atoms with Crippen molar-refractivity contribution in [2.75, 3.05) is 19.0 Å². The summed E-state index contributed by atoms with van der Waals surface area (Å²) in [4.78, 5) is 20.1. The van der Waals surface area contributed by atoms with E-state index in [4.69, 9.17) is 14.5 Å². The summed E-state index contributed by atoms with van der Waals surface area (Å²) < 4.78 is 10.9. The highest BCUT2D eigenvalue weighted by molar-refractivity contribution is 7.99. The fraction of sp³-hybridized carbons (Fsp3) is 0.333. The fourth-order valence-electron chi connectivity index (χ4n) is 3.10. The number of aromatic amines is 1. The minimum Gasteiger partial charge on any atom is -0.491 e. The van der Waals surface area contributed by atoms with E-state index in [1.807, 2.05) is 57.2 Å². The number of hydrogen-bond donors (Lipinski definition) is 2. The molecule has 1 unspecified atom stereocenters. The average Bonchev–Trinajstić information content (AvgIpc) is 3.27. The predicted octanol–water partition coefficient (Wildman–Crippen LogP) is 5.54. The van der Waals surface area contributed by atoms with Crippen LogP contribution in [0.5, 0.6) is 5.75 Å². The van der Waals surface area contributed by atoms with Crippen LogP contribution < -0.4 is 4.74 Å². The minimum absolute atomic E-state index is 0.141. The van der Waals surface area contributed by atoms with Gasteiger partial charge in [-0.2, -0.15) is 0 Å². The topological polar surface area (TPSA) is 84.4 Å². The summed E-state index contributed by atoms with van der Waals surface area (Å²) in [5.74, 6) is 0.961. The van der Waals surface area contributed by atoms with Gasteiger partial charge < -0.3 is 19.6 Å².